The molecule has 0 spiro atoms. The SMILES string of the molecule is C=CN(CCc1cc2c(cc1Br)OCO2)C(=O)c1cccc(OC)c1OC. The van der Waals surface area contributed by atoms with Crippen LogP contribution in [0, 0.1) is 0 Å². The normalized spacial score (nSPS) is 11.8. The molecule has 1 heterocycles. The average Bonchev–Trinajstić information content (AvgIpc) is 3.14. The number of para-hydroxylation sites is 1. The molecular weight excluding hydrogens is 414 g/mol. The minimum absolute atomic E-state index is 0.211. The third-order valence-corrected chi connectivity index (χ3v) is 5.02. The number of benzene rings is 2. The van der Waals surface area contributed by atoms with E-state index in [4.69, 9.17) is 18.9 Å². The molecule has 7 heteroatoms. The van der Waals surface area contributed by atoms with Gasteiger partial charge < -0.3 is 23.8 Å². The zero-order chi connectivity index (χ0) is 19.4. The van der Waals surface area contributed by atoms with E-state index in [1.165, 1.54) is 20.4 Å². The van der Waals surface area contributed by atoms with Gasteiger partial charge >= 0.3 is 0 Å². The van der Waals surface area contributed by atoms with Gasteiger partial charge in [0.2, 0.25) is 6.79 Å². The second kappa shape index (κ2) is 8.35. The smallest absolute Gasteiger partial charge is 0.261 e. The van der Waals surface area contributed by atoms with Crippen molar-refractivity contribution in [3.8, 4) is 23.0 Å². The van der Waals surface area contributed by atoms with Crippen molar-refractivity contribution >= 4 is 21.8 Å². The molecule has 0 aliphatic carbocycles. The molecule has 0 saturated carbocycles. The number of amides is 1. The molecule has 0 saturated heterocycles. The lowest BCUT2D eigenvalue weighted by Crippen LogP contribution is -2.28. The molecule has 0 radical (unpaired) electrons. The van der Waals surface area contributed by atoms with Crippen LogP contribution in [0.3, 0.4) is 0 Å². The molecule has 27 heavy (non-hydrogen) atoms. The Morgan fingerprint density at radius 3 is 2.67 bits per heavy atom. The number of carbonyl (C=O) groups excluding carboxylic acids is 1. The van der Waals surface area contributed by atoms with Crippen LogP contribution in [-0.2, 0) is 6.42 Å². The molecule has 2 aromatic rings. The summed E-state index contributed by atoms with van der Waals surface area (Å²) in [7, 11) is 3.05. The summed E-state index contributed by atoms with van der Waals surface area (Å²) in [4.78, 5) is 14.5. The van der Waals surface area contributed by atoms with Crippen LogP contribution in [0.25, 0.3) is 0 Å². The van der Waals surface area contributed by atoms with Gasteiger partial charge in [0.1, 0.15) is 0 Å². The van der Waals surface area contributed by atoms with E-state index in [9.17, 15) is 4.79 Å². The van der Waals surface area contributed by atoms with E-state index < -0.39 is 0 Å². The van der Waals surface area contributed by atoms with Crippen LogP contribution in [-0.4, -0.2) is 38.4 Å². The number of rotatable bonds is 7. The van der Waals surface area contributed by atoms with Crippen LogP contribution >= 0.6 is 15.9 Å². The molecule has 142 valence electrons. The molecule has 1 amide bonds. The summed E-state index contributed by atoms with van der Waals surface area (Å²) < 4.78 is 22.3. The van der Waals surface area contributed by atoms with E-state index in [2.05, 4.69) is 22.5 Å². The number of fused-ring (bicyclic) bond motifs is 1. The number of carbonyl (C=O) groups is 1. The number of hydrogen-bond acceptors (Lipinski definition) is 5. The van der Waals surface area contributed by atoms with Gasteiger partial charge in [-0.2, -0.15) is 0 Å². The quantitative estimate of drug-likeness (QED) is 0.659. The predicted octanol–water partition coefficient (Wildman–Crippen LogP) is 4.02. The monoisotopic (exact) mass is 433 g/mol. The molecule has 1 aliphatic rings. The van der Waals surface area contributed by atoms with Gasteiger partial charge in [0.25, 0.3) is 5.91 Å². The summed E-state index contributed by atoms with van der Waals surface area (Å²) in [6.45, 7) is 4.44. The first kappa shape index (κ1) is 19.1. The van der Waals surface area contributed by atoms with Crippen molar-refractivity contribution in [2.75, 3.05) is 27.6 Å². The van der Waals surface area contributed by atoms with Gasteiger partial charge in [-0.05, 0) is 42.4 Å². The molecule has 6 nitrogen and oxygen atoms in total. The fourth-order valence-electron chi connectivity index (χ4n) is 2.88. The van der Waals surface area contributed by atoms with Crippen molar-refractivity contribution < 1.29 is 23.7 Å². The van der Waals surface area contributed by atoms with Crippen LogP contribution in [0.1, 0.15) is 15.9 Å². The Morgan fingerprint density at radius 1 is 1.26 bits per heavy atom. The number of hydrogen-bond donors (Lipinski definition) is 0. The van der Waals surface area contributed by atoms with Gasteiger partial charge in [-0.3, -0.25) is 4.79 Å². The van der Waals surface area contributed by atoms with Gasteiger partial charge in [-0.25, -0.2) is 0 Å². The highest BCUT2D eigenvalue weighted by Gasteiger charge is 2.22. The fraction of sp³-hybridized carbons (Fsp3) is 0.250. The molecule has 0 N–H and O–H groups in total. The molecule has 2 aromatic carbocycles. The average molecular weight is 434 g/mol. The first-order chi connectivity index (χ1) is 13.1. The summed E-state index contributed by atoms with van der Waals surface area (Å²) in [6.07, 6.45) is 2.13. The van der Waals surface area contributed by atoms with Crippen molar-refractivity contribution in [1.82, 2.24) is 4.90 Å². The molecule has 1 aliphatic heterocycles. The zero-order valence-electron chi connectivity index (χ0n) is 15.2. The second-order valence-electron chi connectivity index (χ2n) is 5.77. The Labute approximate surface area is 166 Å². The first-order valence-corrected chi connectivity index (χ1v) is 9.11. The molecule has 3 rings (SSSR count). The Hall–Kier alpha value is -2.67. The topological polar surface area (TPSA) is 57.2 Å². The van der Waals surface area contributed by atoms with Gasteiger partial charge in [-0.1, -0.05) is 28.6 Å². The fourth-order valence-corrected chi connectivity index (χ4v) is 3.40. The van der Waals surface area contributed by atoms with E-state index in [0.29, 0.717) is 41.5 Å². The van der Waals surface area contributed by atoms with Crippen molar-refractivity contribution in [2.45, 2.75) is 6.42 Å². The lowest BCUT2D eigenvalue weighted by Gasteiger charge is -2.20. The van der Waals surface area contributed by atoms with Crippen LogP contribution < -0.4 is 18.9 Å². The van der Waals surface area contributed by atoms with Crippen molar-refractivity contribution in [3.05, 3.63) is 58.7 Å². The van der Waals surface area contributed by atoms with Crippen molar-refractivity contribution in [3.63, 3.8) is 0 Å². The van der Waals surface area contributed by atoms with Crippen LogP contribution in [0.15, 0.2) is 47.6 Å². The van der Waals surface area contributed by atoms with E-state index in [0.717, 1.165) is 10.0 Å². The Kier molecular flexibility index (Phi) is 5.91. The third kappa shape index (κ3) is 3.88. The maximum absolute atomic E-state index is 13.0. The minimum Gasteiger partial charge on any atom is -0.493 e. The van der Waals surface area contributed by atoms with Crippen LogP contribution in [0.4, 0.5) is 0 Å². The maximum Gasteiger partial charge on any atom is 0.261 e. The molecule has 0 atom stereocenters. The molecule has 0 unspecified atom stereocenters. The number of ether oxygens (including phenoxy) is 4. The van der Waals surface area contributed by atoms with Crippen LogP contribution in [0.2, 0.25) is 0 Å². The highest BCUT2D eigenvalue weighted by Crippen LogP contribution is 2.37. The van der Waals surface area contributed by atoms with Gasteiger partial charge in [-0.15, -0.1) is 0 Å². The number of nitrogens with zero attached hydrogens (tertiary/aromatic N) is 1. The number of methoxy groups -OCH3 is 2. The Bertz CT molecular complexity index is 868. The molecule has 0 fully saturated rings. The lowest BCUT2D eigenvalue weighted by molar-refractivity contribution is 0.0820. The third-order valence-electron chi connectivity index (χ3n) is 4.28. The predicted molar refractivity (Wildman–Crippen MR) is 105 cm³/mol. The molecule has 0 bridgehead atoms. The second-order valence-corrected chi connectivity index (χ2v) is 6.62. The van der Waals surface area contributed by atoms with Gasteiger partial charge in [0.15, 0.2) is 23.0 Å². The van der Waals surface area contributed by atoms with Gasteiger partial charge in [0.05, 0.1) is 19.8 Å². The standard InChI is InChI=1S/C20H20BrNO5/c1-4-22(20(23)14-6-5-7-16(24-2)19(14)25-3)9-8-13-10-17-18(11-15(13)21)27-12-26-17/h4-7,10-11H,1,8-9,12H2,2-3H3. The van der Waals surface area contributed by atoms with Gasteiger partial charge in [0, 0.05) is 11.0 Å². The van der Waals surface area contributed by atoms with E-state index >= 15 is 0 Å². The minimum atomic E-state index is -0.211. The summed E-state index contributed by atoms with van der Waals surface area (Å²) in [5, 5.41) is 0. The van der Waals surface area contributed by atoms with E-state index in [1.54, 1.807) is 23.1 Å². The highest BCUT2D eigenvalue weighted by molar-refractivity contribution is 9.10. The van der Waals surface area contributed by atoms with Crippen molar-refractivity contribution in [2.24, 2.45) is 0 Å². The molecule has 0 aromatic heterocycles. The number of halogens is 1. The summed E-state index contributed by atoms with van der Waals surface area (Å²) in [5.74, 6) is 2.12. The highest BCUT2D eigenvalue weighted by atomic mass is 79.9. The summed E-state index contributed by atoms with van der Waals surface area (Å²) in [5.41, 5.74) is 1.43. The first-order valence-electron chi connectivity index (χ1n) is 8.31. The zero-order valence-corrected chi connectivity index (χ0v) is 16.7. The summed E-state index contributed by atoms with van der Waals surface area (Å²) >= 11 is 3.54. The van der Waals surface area contributed by atoms with E-state index in [1.807, 2.05) is 12.1 Å². The van der Waals surface area contributed by atoms with Crippen molar-refractivity contribution in [1.29, 1.82) is 0 Å². The maximum atomic E-state index is 13.0. The lowest BCUT2D eigenvalue weighted by atomic mass is 10.1. The largest absolute Gasteiger partial charge is 0.493 e. The van der Waals surface area contributed by atoms with E-state index in [-0.39, 0.29) is 12.7 Å². The summed E-state index contributed by atoms with van der Waals surface area (Å²) in [6, 6.07) is 9.01. The Balaban J connectivity index is 1.78. The molecular formula is C20H20BrNO5. The Morgan fingerprint density at radius 2 is 2.00 bits per heavy atom. The van der Waals surface area contributed by atoms with Crippen LogP contribution in [0.5, 0.6) is 23.0 Å².